The van der Waals surface area contributed by atoms with Crippen molar-refractivity contribution in [3.63, 3.8) is 0 Å². The topological polar surface area (TPSA) is 84.0 Å². The van der Waals surface area contributed by atoms with Crippen molar-refractivity contribution in [1.29, 1.82) is 0 Å². The summed E-state index contributed by atoms with van der Waals surface area (Å²) in [7, 11) is -3.00. The largest absolute Gasteiger partial charge is 0.370 e. The Kier molecular flexibility index (Phi) is 5.53. The molecule has 6 nitrogen and oxygen atoms in total. The standard InChI is InChI=1S/C12H22N4O2S/c1-5-6-13-11-7-12(16-10(3)15-11)14-9(2)8-19(4,17)18/h7,9H,5-6,8H2,1-4H3,(H2,13,14,15,16). The highest BCUT2D eigenvalue weighted by atomic mass is 32.2. The molecule has 1 rings (SSSR count). The van der Waals surface area contributed by atoms with Gasteiger partial charge in [-0.3, -0.25) is 0 Å². The predicted molar refractivity (Wildman–Crippen MR) is 78.3 cm³/mol. The maximum atomic E-state index is 11.2. The van der Waals surface area contributed by atoms with Gasteiger partial charge >= 0.3 is 0 Å². The van der Waals surface area contributed by atoms with Crippen molar-refractivity contribution >= 4 is 21.5 Å². The molecule has 0 aliphatic heterocycles. The lowest BCUT2D eigenvalue weighted by atomic mass is 10.3. The molecule has 0 saturated carbocycles. The second kappa shape index (κ2) is 6.70. The average Bonchev–Trinajstić information content (AvgIpc) is 2.22. The monoisotopic (exact) mass is 286 g/mol. The van der Waals surface area contributed by atoms with Gasteiger partial charge in [0.1, 0.15) is 27.3 Å². The third-order valence-electron chi connectivity index (χ3n) is 2.34. The average molecular weight is 286 g/mol. The van der Waals surface area contributed by atoms with Gasteiger partial charge in [-0.15, -0.1) is 0 Å². The van der Waals surface area contributed by atoms with Gasteiger partial charge in [0, 0.05) is 24.9 Å². The molecule has 2 N–H and O–H groups in total. The minimum atomic E-state index is -3.00. The zero-order valence-electron chi connectivity index (χ0n) is 11.9. The lowest BCUT2D eigenvalue weighted by Crippen LogP contribution is -2.25. The molecular formula is C12H22N4O2S. The minimum absolute atomic E-state index is 0.0772. The van der Waals surface area contributed by atoms with E-state index >= 15 is 0 Å². The molecule has 0 aliphatic carbocycles. The van der Waals surface area contributed by atoms with Crippen LogP contribution in [-0.2, 0) is 9.84 Å². The number of hydrogen-bond donors (Lipinski definition) is 2. The molecule has 0 fully saturated rings. The summed E-state index contributed by atoms with van der Waals surface area (Å²) >= 11 is 0. The maximum Gasteiger partial charge on any atom is 0.149 e. The molecular weight excluding hydrogens is 264 g/mol. The SMILES string of the molecule is CCCNc1cc(NC(C)CS(C)(=O)=O)nc(C)n1. The highest BCUT2D eigenvalue weighted by Gasteiger charge is 2.11. The van der Waals surface area contributed by atoms with Crippen molar-refractivity contribution in [2.24, 2.45) is 0 Å². The number of aromatic nitrogens is 2. The van der Waals surface area contributed by atoms with Crippen LogP contribution in [0.5, 0.6) is 0 Å². The van der Waals surface area contributed by atoms with Crippen LogP contribution in [0, 0.1) is 6.92 Å². The Morgan fingerprint density at radius 1 is 1.32 bits per heavy atom. The number of hydrogen-bond acceptors (Lipinski definition) is 6. The first kappa shape index (κ1) is 15.7. The summed E-state index contributed by atoms with van der Waals surface area (Å²) in [6, 6.07) is 1.60. The van der Waals surface area contributed by atoms with Gasteiger partial charge in [-0.1, -0.05) is 6.92 Å². The number of nitrogens with zero attached hydrogens (tertiary/aromatic N) is 2. The van der Waals surface area contributed by atoms with E-state index in [2.05, 4.69) is 27.5 Å². The van der Waals surface area contributed by atoms with Gasteiger partial charge in [-0.05, 0) is 20.3 Å². The lowest BCUT2D eigenvalue weighted by Gasteiger charge is -2.14. The quantitative estimate of drug-likeness (QED) is 0.789. The number of sulfone groups is 1. The Hall–Kier alpha value is -1.37. The van der Waals surface area contributed by atoms with E-state index in [0.717, 1.165) is 18.8 Å². The summed E-state index contributed by atoms with van der Waals surface area (Å²) in [6.45, 7) is 6.55. The number of aryl methyl sites for hydroxylation is 1. The molecule has 0 aliphatic rings. The van der Waals surface area contributed by atoms with Gasteiger partial charge in [0.25, 0.3) is 0 Å². The molecule has 108 valence electrons. The van der Waals surface area contributed by atoms with E-state index in [1.54, 1.807) is 6.07 Å². The van der Waals surface area contributed by atoms with Crippen molar-refractivity contribution in [3.8, 4) is 0 Å². The Labute approximate surface area is 115 Å². The Balaban J connectivity index is 2.74. The molecule has 19 heavy (non-hydrogen) atoms. The van der Waals surface area contributed by atoms with Crippen LogP contribution in [0.1, 0.15) is 26.1 Å². The van der Waals surface area contributed by atoms with Crippen LogP contribution >= 0.6 is 0 Å². The third-order valence-corrected chi connectivity index (χ3v) is 3.45. The third kappa shape index (κ3) is 6.37. The van der Waals surface area contributed by atoms with E-state index < -0.39 is 9.84 Å². The second-order valence-electron chi connectivity index (χ2n) is 4.75. The zero-order valence-corrected chi connectivity index (χ0v) is 12.7. The summed E-state index contributed by atoms with van der Waals surface area (Å²) in [5.41, 5.74) is 0. The van der Waals surface area contributed by atoms with Crippen molar-refractivity contribution in [3.05, 3.63) is 11.9 Å². The number of nitrogens with one attached hydrogen (secondary N) is 2. The Morgan fingerprint density at radius 2 is 1.95 bits per heavy atom. The molecule has 0 aromatic carbocycles. The molecule has 1 atom stereocenters. The van der Waals surface area contributed by atoms with Gasteiger partial charge in [-0.25, -0.2) is 18.4 Å². The van der Waals surface area contributed by atoms with Crippen molar-refractivity contribution < 1.29 is 8.42 Å². The van der Waals surface area contributed by atoms with Crippen LogP contribution < -0.4 is 10.6 Å². The normalized spacial score (nSPS) is 13.1. The van der Waals surface area contributed by atoms with Crippen molar-refractivity contribution in [1.82, 2.24) is 9.97 Å². The Bertz CT molecular complexity index is 516. The number of rotatable bonds is 7. The number of anilines is 2. The Morgan fingerprint density at radius 3 is 2.53 bits per heavy atom. The fourth-order valence-electron chi connectivity index (χ4n) is 1.73. The van der Waals surface area contributed by atoms with E-state index in [1.807, 2.05) is 13.8 Å². The highest BCUT2D eigenvalue weighted by molar-refractivity contribution is 7.90. The fraction of sp³-hybridized carbons (Fsp3) is 0.667. The molecule has 1 aromatic rings. The van der Waals surface area contributed by atoms with Crippen LogP contribution in [0.4, 0.5) is 11.6 Å². The molecule has 7 heteroatoms. The molecule has 1 aromatic heterocycles. The summed E-state index contributed by atoms with van der Waals surface area (Å²) in [4.78, 5) is 8.53. The van der Waals surface area contributed by atoms with E-state index in [0.29, 0.717) is 11.6 Å². The first-order chi connectivity index (χ1) is 8.80. The molecule has 0 amide bonds. The smallest absolute Gasteiger partial charge is 0.149 e. The van der Waals surface area contributed by atoms with Gasteiger partial charge in [0.15, 0.2) is 0 Å². The van der Waals surface area contributed by atoms with Crippen LogP contribution in [-0.4, -0.2) is 43.0 Å². The van der Waals surface area contributed by atoms with Crippen molar-refractivity contribution in [2.45, 2.75) is 33.2 Å². The first-order valence-electron chi connectivity index (χ1n) is 6.34. The zero-order chi connectivity index (χ0) is 14.5. The minimum Gasteiger partial charge on any atom is -0.370 e. The second-order valence-corrected chi connectivity index (χ2v) is 6.94. The van der Waals surface area contributed by atoms with Gasteiger partial charge in [0.2, 0.25) is 0 Å². The predicted octanol–water partition coefficient (Wildman–Crippen LogP) is 1.45. The van der Waals surface area contributed by atoms with E-state index in [4.69, 9.17) is 0 Å². The van der Waals surface area contributed by atoms with Crippen molar-refractivity contribution in [2.75, 3.05) is 29.2 Å². The lowest BCUT2D eigenvalue weighted by molar-refractivity contribution is 0.598. The van der Waals surface area contributed by atoms with Crippen LogP contribution in [0.25, 0.3) is 0 Å². The molecule has 0 bridgehead atoms. The molecule has 0 saturated heterocycles. The van der Waals surface area contributed by atoms with Crippen LogP contribution in [0.15, 0.2) is 6.07 Å². The van der Waals surface area contributed by atoms with E-state index in [1.165, 1.54) is 6.26 Å². The summed E-state index contributed by atoms with van der Waals surface area (Å²) in [5, 5.41) is 6.27. The summed E-state index contributed by atoms with van der Waals surface area (Å²) in [6.07, 6.45) is 2.24. The van der Waals surface area contributed by atoms with Gasteiger partial charge in [-0.2, -0.15) is 0 Å². The van der Waals surface area contributed by atoms with E-state index in [9.17, 15) is 8.42 Å². The summed E-state index contributed by atoms with van der Waals surface area (Å²) < 4.78 is 22.4. The summed E-state index contributed by atoms with van der Waals surface area (Å²) in [5.74, 6) is 2.12. The molecule has 0 spiro atoms. The van der Waals surface area contributed by atoms with Gasteiger partial charge in [0.05, 0.1) is 5.75 Å². The highest BCUT2D eigenvalue weighted by Crippen LogP contribution is 2.12. The van der Waals surface area contributed by atoms with Crippen LogP contribution in [0.3, 0.4) is 0 Å². The molecule has 1 unspecified atom stereocenters. The van der Waals surface area contributed by atoms with E-state index in [-0.39, 0.29) is 11.8 Å². The van der Waals surface area contributed by atoms with Gasteiger partial charge < -0.3 is 10.6 Å². The van der Waals surface area contributed by atoms with Crippen LogP contribution in [0.2, 0.25) is 0 Å². The first-order valence-corrected chi connectivity index (χ1v) is 8.40. The fourth-order valence-corrected chi connectivity index (χ4v) is 2.73. The molecule has 0 radical (unpaired) electrons. The maximum absolute atomic E-state index is 11.2. The molecule has 1 heterocycles.